The van der Waals surface area contributed by atoms with Gasteiger partial charge >= 0.3 is 0 Å². The number of aryl methyl sites for hydroxylation is 1. The number of hydrogen-bond acceptors (Lipinski definition) is 2. The molecule has 0 spiro atoms. The number of ether oxygens (including phenoxy) is 1. The summed E-state index contributed by atoms with van der Waals surface area (Å²) in [6.07, 6.45) is 6.57. The van der Waals surface area contributed by atoms with Crippen LogP contribution in [0.4, 0.5) is 0 Å². The molecule has 0 aromatic heterocycles. The first kappa shape index (κ1) is 15.4. The summed E-state index contributed by atoms with van der Waals surface area (Å²) in [5, 5.41) is 6.72. The third-order valence-electron chi connectivity index (χ3n) is 3.31. The van der Waals surface area contributed by atoms with Crippen molar-refractivity contribution in [2.75, 3.05) is 19.7 Å². The average Bonchev–Trinajstić information content (AvgIpc) is 2.97. The van der Waals surface area contributed by atoms with E-state index in [2.05, 4.69) is 47.7 Å². The van der Waals surface area contributed by atoms with Crippen LogP contribution in [0.5, 0.6) is 5.75 Å². The van der Waals surface area contributed by atoms with Gasteiger partial charge in [-0.3, -0.25) is 0 Å². The van der Waals surface area contributed by atoms with E-state index >= 15 is 0 Å². The summed E-state index contributed by atoms with van der Waals surface area (Å²) in [4.78, 5) is 4.56. The number of aliphatic imine (C=N–C) groups is 1. The molecule has 0 fully saturated rings. The predicted molar refractivity (Wildman–Crippen MR) is 88.0 cm³/mol. The molecule has 1 aliphatic carbocycles. The largest absolute Gasteiger partial charge is 0.492 e. The standard InChI is InChI=1S/C17H25N3O/c1-3-18-17(20-15-8-4-5-9-15)19-11-12-21-16-10-6-7-14(2)13-16/h4-7,10,13,15H,3,8-9,11-12H2,1-2H3,(H2,18,19,20). The van der Waals surface area contributed by atoms with Gasteiger partial charge in [0.1, 0.15) is 12.4 Å². The summed E-state index contributed by atoms with van der Waals surface area (Å²) in [5.41, 5.74) is 1.21. The van der Waals surface area contributed by atoms with Gasteiger partial charge in [0.05, 0.1) is 6.54 Å². The molecule has 1 aliphatic rings. The van der Waals surface area contributed by atoms with Gasteiger partial charge in [-0.1, -0.05) is 24.3 Å². The minimum absolute atomic E-state index is 0.473. The van der Waals surface area contributed by atoms with Crippen molar-refractivity contribution < 1.29 is 4.74 Å². The fourth-order valence-electron chi connectivity index (χ4n) is 2.27. The highest BCUT2D eigenvalue weighted by Crippen LogP contribution is 2.12. The molecule has 0 saturated carbocycles. The molecule has 2 N–H and O–H groups in total. The van der Waals surface area contributed by atoms with Crippen molar-refractivity contribution in [3.8, 4) is 5.75 Å². The second kappa shape index (κ2) is 8.35. The molecule has 4 nitrogen and oxygen atoms in total. The molecule has 0 saturated heterocycles. The van der Waals surface area contributed by atoms with E-state index in [0.29, 0.717) is 19.2 Å². The number of guanidine groups is 1. The average molecular weight is 287 g/mol. The van der Waals surface area contributed by atoms with Gasteiger partial charge in [0.2, 0.25) is 0 Å². The van der Waals surface area contributed by atoms with Crippen molar-refractivity contribution in [2.45, 2.75) is 32.7 Å². The first-order valence-corrected chi connectivity index (χ1v) is 7.67. The second-order valence-electron chi connectivity index (χ2n) is 5.21. The summed E-state index contributed by atoms with van der Waals surface area (Å²) >= 11 is 0. The van der Waals surface area contributed by atoms with E-state index < -0.39 is 0 Å². The molecule has 0 radical (unpaired) electrons. The highest BCUT2D eigenvalue weighted by Gasteiger charge is 2.11. The van der Waals surface area contributed by atoms with Gasteiger partial charge in [0.25, 0.3) is 0 Å². The van der Waals surface area contributed by atoms with Gasteiger partial charge in [-0.05, 0) is 44.4 Å². The SMILES string of the molecule is CCNC(=NCCOc1cccc(C)c1)NC1CC=CC1. The van der Waals surface area contributed by atoms with Gasteiger partial charge in [-0.15, -0.1) is 0 Å². The fraction of sp³-hybridized carbons (Fsp3) is 0.471. The lowest BCUT2D eigenvalue weighted by atomic mass is 10.2. The summed E-state index contributed by atoms with van der Waals surface area (Å²) in [5.74, 6) is 1.78. The highest BCUT2D eigenvalue weighted by atomic mass is 16.5. The molecule has 0 atom stereocenters. The van der Waals surface area contributed by atoms with Crippen molar-refractivity contribution in [2.24, 2.45) is 4.99 Å². The van der Waals surface area contributed by atoms with Crippen LogP contribution in [0.15, 0.2) is 41.4 Å². The Morgan fingerprint density at radius 1 is 1.33 bits per heavy atom. The molecule has 0 heterocycles. The van der Waals surface area contributed by atoms with Crippen molar-refractivity contribution in [1.82, 2.24) is 10.6 Å². The number of rotatable bonds is 6. The van der Waals surface area contributed by atoms with Gasteiger partial charge in [-0.2, -0.15) is 0 Å². The van der Waals surface area contributed by atoms with E-state index in [1.165, 1.54) is 5.56 Å². The van der Waals surface area contributed by atoms with Crippen molar-refractivity contribution in [1.29, 1.82) is 0 Å². The van der Waals surface area contributed by atoms with Crippen LogP contribution in [-0.2, 0) is 0 Å². The molecule has 2 rings (SSSR count). The third kappa shape index (κ3) is 5.50. The Kier molecular flexibility index (Phi) is 6.13. The fourth-order valence-corrected chi connectivity index (χ4v) is 2.27. The van der Waals surface area contributed by atoms with Crippen LogP contribution < -0.4 is 15.4 Å². The minimum atomic E-state index is 0.473. The van der Waals surface area contributed by atoms with Crippen LogP contribution in [0.25, 0.3) is 0 Å². The van der Waals surface area contributed by atoms with Crippen molar-refractivity contribution in [3.05, 3.63) is 42.0 Å². The first-order valence-electron chi connectivity index (χ1n) is 7.67. The van der Waals surface area contributed by atoms with Crippen LogP contribution in [0.3, 0.4) is 0 Å². The van der Waals surface area contributed by atoms with Crippen LogP contribution in [0, 0.1) is 6.92 Å². The van der Waals surface area contributed by atoms with Crippen molar-refractivity contribution in [3.63, 3.8) is 0 Å². The lowest BCUT2D eigenvalue weighted by molar-refractivity contribution is 0.328. The van der Waals surface area contributed by atoms with E-state index in [9.17, 15) is 0 Å². The summed E-state index contributed by atoms with van der Waals surface area (Å²) in [6, 6.07) is 8.56. The van der Waals surface area contributed by atoms with Crippen LogP contribution in [0.1, 0.15) is 25.3 Å². The zero-order valence-corrected chi connectivity index (χ0v) is 12.9. The second-order valence-corrected chi connectivity index (χ2v) is 5.21. The maximum absolute atomic E-state index is 5.71. The zero-order chi connectivity index (χ0) is 14.9. The van der Waals surface area contributed by atoms with E-state index in [4.69, 9.17) is 4.74 Å². The Balaban J connectivity index is 1.76. The predicted octanol–water partition coefficient (Wildman–Crippen LogP) is 2.65. The molecule has 0 bridgehead atoms. The Hall–Kier alpha value is -1.97. The maximum Gasteiger partial charge on any atom is 0.191 e. The smallest absolute Gasteiger partial charge is 0.191 e. The van der Waals surface area contributed by atoms with E-state index in [0.717, 1.165) is 31.1 Å². The number of hydrogen-bond donors (Lipinski definition) is 2. The Labute approximate surface area is 127 Å². The quantitative estimate of drug-likeness (QED) is 0.366. The third-order valence-corrected chi connectivity index (χ3v) is 3.31. The topological polar surface area (TPSA) is 45.7 Å². The van der Waals surface area contributed by atoms with Crippen LogP contribution in [0.2, 0.25) is 0 Å². The lowest BCUT2D eigenvalue weighted by Gasteiger charge is -2.16. The Morgan fingerprint density at radius 2 is 2.14 bits per heavy atom. The van der Waals surface area contributed by atoms with E-state index in [1.807, 2.05) is 18.2 Å². The zero-order valence-electron chi connectivity index (χ0n) is 12.9. The molecule has 114 valence electrons. The molecule has 21 heavy (non-hydrogen) atoms. The summed E-state index contributed by atoms with van der Waals surface area (Å²) < 4.78 is 5.71. The van der Waals surface area contributed by atoms with Crippen LogP contribution >= 0.6 is 0 Å². The first-order chi connectivity index (χ1) is 10.3. The molecular weight excluding hydrogens is 262 g/mol. The van der Waals surface area contributed by atoms with Gasteiger partial charge in [0, 0.05) is 12.6 Å². The normalized spacial score (nSPS) is 15.2. The molecule has 1 aromatic carbocycles. The Bertz CT molecular complexity index is 489. The summed E-state index contributed by atoms with van der Waals surface area (Å²) in [6.45, 7) is 6.23. The molecule has 0 unspecified atom stereocenters. The molecule has 1 aromatic rings. The maximum atomic E-state index is 5.71. The van der Waals surface area contributed by atoms with E-state index in [-0.39, 0.29) is 0 Å². The molecular formula is C17H25N3O. The molecule has 0 aliphatic heterocycles. The molecule has 4 heteroatoms. The van der Waals surface area contributed by atoms with Gasteiger partial charge in [0.15, 0.2) is 5.96 Å². The van der Waals surface area contributed by atoms with Crippen molar-refractivity contribution >= 4 is 5.96 Å². The Morgan fingerprint density at radius 3 is 2.86 bits per heavy atom. The van der Waals surface area contributed by atoms with Gasteiger partial charge in [-0.25, -0.2) is 4.99 Å². The van der Waals surface area contributed by atoms with Gasteiger partial charge < -0.3 is 15.4 Å². The monoisotopic (exact) mass is 287 g/mol. The highest BCUT2D eigenvalue weighted by molar-refractivity contribution is 5.80. The van der Waals surface area contributed by atoms with E-state index in [1.54, 1.807) is 0 Å². The number of nitrogens with one attached hydrogen (secondary N) is 2. The lowest BCUT2D eigenvalue weighted by Crippen LogP contribution is -2.42. The minimum Gasteiger partial charge on any atom is -0.492 e. The molecule has 0 amide bonds. The number of nitrogens with zero attached hydrogens (tertiary/aromatic N) is 1. The van der Waals surface area contributed by atoms with Crippen LogP contribution in [-0.4, -0.2) is 31.7 Å². The summed E-state index contributed by atoms with van der Waals surface area (Å²) in [7, 11) is 0. The number of benzene rings is 1.